The number of hydrogen-bond acceptors (Lipinski definition) is 4. The molecule has 2 N–H and O–H groups in total. The summed E-state index contributed by atoms with van der Waals surface area (Å²) in [6, 6.07) is 17.7. The van der Waals surface area contributed by atoms with Gasteiger partial charge in [0.2, 0.25) is 0 Å². The van der Waals surface area contributed by atoms with E-state index in [0.717, 1.165) is 10.8 Å². The molecule has 0 fully saturated rings. The Hall–Kier alpha value is -2.35. The molecule has 0 bridgehead atoms. The molecule has 0 aliphatic rings. The average molecular weight is 331 g/mol. The van der Waals surface area contributed by atoms with Crippen molar-refractivity contribution in [2.75, 3.05) is 0 Å². The Balaban J connectivity index is 0.00000121. The molecule has 3 rings (SSSR count). The van der Waals surface area contributed by atoms with E-state index in [4.69, 9.17) is 0 Å². The van der Waals surface area contributed by atoms with Crippen molar-refractivity contribution in [1.29, 1.82) is 0 Å². The Morgan fingerprint density at radius 2 is 1.36 bits per heavy atom. The molecule has 0 aromatic heterocycles. The molecule has 0 saturated heterocycles. The first kappa shape index (κ1) is 17.7. The van der Waals surface area contributed by atoms with Crippen LogP contribution in [0.3, 0.4) is 0 Å². The molecule has 0 aliphatic carbocycles. The first-order valence-electron chi connectivity index (χ1n) is 6.16. The predicted octanol–water partition coefficient (Wildman–Crippen LogP) is 5.11. The van der Waals surface area contributed by atoms with E-state index >= 15 is 0 Å². The van der Waals surface area contributed by atoms with Crippen molar-refractivity contribution < 1.29 is 27.6 Å². The van der Waals surface area contributed by atoms with Crippen LogP contribution in [0.1, 0.15) is 0 Å². The van der Waals surface area contributed by atoms with E-state index in [0.29, 0.717) is 11.4 Å². The largest absolute Gasteiger partial charge is 0.506 e. The SMILES string of the molecule is Oc1ccccc1N=Nc1c(O)ccc2ccccc12.[CH3-].[Cr]. The first-order chi connectivity index (χ1) is 9.75. The fourth-order valence-corrected chi connectivity index (χ4v) is 2.00. The summed E-state index contributed by atoms with van der Waals surface area (Å²) < 4.78 is 0. The predicted molar refractivity (Wildman–Crippen MR) is 84.3 cm³/mol. The van der Waals surface area contributed by atoms with Crippen LogP contribution < -0.4 is 0 Å². The van der Waals surface area contributed by atoms with Crippen LogP contribution in [0.15, 0.2) is 70.9 Å². The van der Waals surface area contributed by atoms with Gasteiger partial charge in [-0.15, -0.1) is 10.2 Å². The molecule has 0 radical (unpaired) electrons. The number of phenols is 2. The van der Waals surface area contributed by atoms with Crippen LogP contribution >= 0.6 is 0 Å². The third-order valence-electron chi connectivity index (χ3n) is 3.02. The summed E-state index contributed by atoms with van der Waals surface area (Å²) >= 11 is 0. The van der Waals surface area contributed by atoms with Gasteiger partial charge in [-0.05, 0) is 23.6 Å². The molecule has 0 spiro atoms. The van der Waals surface area contributed by atoms with Gasteiger partial charge < -0.3 is 17.6 Å². The van der Waals surface area contributed by atoms with Crippen molar-refractivity contribution >= 4 is 22.1 Å². The Kier molecular flexibility index (Phi) is 6.12. The molecule has 0 unspecified atom stereocenters. The number of nitrogens with zero attached hydrogens (tertiary/aromatic N) is 2. The number of azo groups is 1. The number of phenolic OH excluding ortho intramolecular Hbond substituents is 2. The Morgan fingerprint density at radius 1 is 0.682 bits per heavy atom. The molecule has 22 heavy (non-hydrogen) atoms. The molecule has 3 aromatic rings. The molecular weight excluding hydrogens is 316 g/mol. The quantitative estimate of drug-likeness (QED) is 0.506. The van der Waals surface area contributed by atoms with Crippen molar-refractivity contribution in [2.24, 2.45) is 10.2 Å². The zero-order valence-corrected chi connectivity index (χ0v) is 13.2. The monoisotopic (exact) mass is 331 g/mol. The molecule has 0 amide bonds. The van der Waals surface area contributed by atoms with Gasteiger partial charge in [-0.1, -0.05) is 42.5 Å². The van der Waals surface area contributed by atoms with E-state index in [9.17, 15) is 10.2 Å². The molecule has 0 heterocycles. The standard InChI is InChI=1S/C16H12N2O2.CH3.Cr/c19-14-8-4-3-7-13(14)17-18-16-12-6-2-1-5-11(12)9-10-15(16)20;;/h1-10,19-20H;1H3;/q;-1;. The molecule has 3 aromatic carbocycles. The van der Waals surface area contributed by atoms with Gasteiger partial charge in [-0.2, -0.15) is 0 Å². The summed E-state index contributed by atoms with van der Waals surface area (Å²) in [6.45, 7) is 0. The maximum Gasteiger partial charge on any atom is 0.143 e. The van der Waals surface area contributed by atoms with Gasteiger partial charge in [0.1, 0.15) is 22.9 Å². The van der Waals surface area contributed by atoms with Crippen molar-refractivity contribution in [1.82, 2.24) is 0 Å². The van der Waals surface area contributed by atoms with Crippen LogP contribution in [-0.2, 0) is 17.4 Å². The van der Waals surface area contributed by atoms with Crippen LogP contribution in [0.5, 0.6) is 11.5 Å². The van der Waals surface area contributed by atoms with Crippen LogP contribution in [0.2, 0.25) is 0 Å². The fraction of sp³-hybridized carbons (Fsp3) is 0. The van der Waals surface area contributed by atoms with Crippen molar-refractivity contribution in [2.45, 2.75) is 0 Å². The Morgan fingerprint density at radius 3 is 2.14 bits per heavy atom. The minimum absolute atomic E-state index is 0. The third-order valence-corrected chi connectivity index (χ3v) is 3.02. The van der Waals surface area contributed by atoms with Gasteiger partial charge in [0.05, 0.1) is 0 Å². The Labute approximate surface area is 139 Å². The number of hydrogen-bond donors (Lipinski definition) is 2. The van der Waals surface area contributed by atoms with Gasteiger partial charge in [0.15, 0.2) is 0 Å². The summed E-state index contributed by atoms with van der Waals surface area (Å²) in [5.41, 5.74) is 0.756. The van der Waals surface area contributed by atoms with E-state index in [1.165, 1.54) is 6.07 Å². The topological polar surface area (TPSA) is 65.2 Å². The zero-order valence-electron chi connectivity index (χ0n) is 12.0. The number of fused-ring (bicyclic) bond motifs is 1. The molecule has 0 aliphatic heterocycles. The average Bonchev–Trinajstić information content (AvgIpc) is 2.48. The summed E-state index contributed by atoms with van der Waals surface area (Å²) in [5, 5.41) is 29.5. The first-order valence-corrected chi connectivity index (χ1v) is 6.16. The number of para-hydroxylation sites is 1. The minimum Gasteiger partial charge on any atom is -0.506 e. The van der Waals surface area contributed by atoms with Crippen LogP contribution in [0, 0.1) is 7.43 Å². The summed E-state index contributed by atoms with van der Waals surface area (Å²) in [5.74, 6) is 0.110. The van der Waals surface area contributed by atoms with Crippen molar-refractivity contribution in [3.05, 3.63) is 68.1 Å². The zero-order chi connectivity index (χ0) is 13.9. The number of rotatable bonds is 2. The number of benzene rings is 3. The molecule has 112 valence electrons. The smallest absolute Gasteiger partial charge is 0.143 e. The molecule has 0 atom stereocenters. The van der Waals surface area contributed by atoms with Gasteiger partial charge >= 0.3 is 0 Å². The van der Waals surface area contributed by atoms with Gasteiger partial charge in [-0.25, -0.2) is 0 Å². The van der Waals surface area contributed by atoms with E-state index in [1.807, 2.05) is 30.3 Å². The van der Waals surface area contributed by atoms with E-state index < -0.39 is 0 Å². The fourth-order valence-electron chi connectivity index (χ4n) is 2.00. The van der Waals surface area contributed by atoms with E-state index in [2.05, 4.69) is 10.2 Å². The van der Waals surface area contributed by atoms with Crippen molar-refractivity contribution in [3.63, 3.8) is 0 Å². The van der Waals surface area contributed by atoms with Crippen LogP contribution in [0.25, 0.3) is 10.8 Å². The number of aromatic hydroxyl groups is 2. The van der Waals surface area contributed by atoms with Crippen molar-refractivity contribution in [3.8, 4) is 11.5 Å². The third kappa shape index (κ3) is 3.45. The van der Waals surface area contributed by atoms with E-state index in [1.54, 1.807) is 24.3 Å². The van der Waals surface area contributed by atoms with Gasteiger partial charge in [-0.3, -0.25) is 0 Å². The van der Waals surface area contributed by atoms with Gasteiger partial charge in [0, 0.05) is 22.7 Å². The molecule has 4 nitrogen and oxygen atoms in total. The van der Waals surface area contributed by atoms with Crippen LogP contribution in [-0.4, -0.2) is 10.2 Å². The maximum absolute atomic E-state index is 9.94. The van der Waals surface area contributed by atoms with Gasteiger partial charge in [0.25, 0.3) is 0 Å². The van der Waals surface area contributed by atoms with Crippen LogP contribution in [0.4, 0.5) is 11.4 Å². The molecule has 5 heteroatoms. The maximum atomic E-state index is 9.94. The minimum atomic E-state index is 0. The molecular formula is C17H15CrN2O2-. The summed E-state index contributed by atoms with van der Waals surface area (Å²) in [6.07, 6.45) is 0. The summed E-state index contributed by atoms with van der Waals surface area (Å²) in [7, 11) is 0. The van der Waals surface area contributed by atoms with E-state index in [-0.39, 0.29) is 36.3 Å². The summed E-state index contributed by atoms with van der Waals surface area (Å²) in [4.78, 5) is 0. The molecule has 0 saturated carbocycles. The second-order valence-electron chi connectivity index (χ2n) is 4.34. The second-order valence-corrected chi connectivity index (χ2v) is 4.34. The second kappa shape index (κ2) is 7.60. The normalized spacial score (nSPS) is 10.2. The Bertz CT molecular complexity index is 804.